The maximum absolute atomic E-state index is 13.0. The van der Waals surface area contributed by atoms with Crippen LogP contribution in [0.25, 0.3) is 0 Å². The van der Waals surface area contributed by atoms with Crippen LogP contribution < -0.4 is 5.32 Å². The van der Waals surface area contributed by atoms with Crippen molar-refractivity contribution in [3.8, 4) is 0 Å². The van der Waals surface area contributed by atoms with Crippen LogP contribution in [0.5, 0.6) is 0 Å². The van der Waals surface area contributed by atoms with Crippen LogP contribution in [0, 0.1) is 0 Å². The minimum Gasteiger partial charge on any atom is -0.380 e. The van der Waals surface area contributed by atoms with Gasteiger partial charge in [-0.05, 0) is 20.4 Å². The van der Waals surface area contributed by atoms with Gasteiger partial charge in [0.15, 0.2) is 0 Å². The van der Waals surface area contributed by atoms with Gasteiger partial charge in [-0.2, -0.15) is 5.10 Å². The molecule has 0 bridgehead atoms. The molecular formula is C17H31N5O2. The van der Waals surface area contributed by atoms with Crippen molar-refractivity contribution in [1.29, 1.82) is 0 Å². The topological polar surface area (TPSA) is 62.6 Å². The zero-order valence-corrected chi connectivity index (χ0v) is 15.4. The van der Waals surface area contributed by atoms with Crippen molar-refractivity contribution in [2.75, 3.05) is 46.4 Å². The third-order valence-corrected chi connectivity index (χ3v) is 4.71. The van der Waals surface area contributed by atoms with E-state index in [0.717, 1.165) is 51.4 Å². The summed E-state index contributed by atoms with van der Waals surface area (Å²) >= 11 is 0. The predicted octanol–water partition coefficient (Wildman–Crippen LogP) is 0.640. The van der Waals surface area contributed by atoms with Gasteiger partial charge in [0.1, 0.15) is 6.04 Å². The molecule has 0 radical (unpaired) electrons. The van der Waals surface area contributed by atoms with Crippen molar-refractivity contribution >= 4 is 5.91 Å². The molecule has 1 aliphatic heterocycles. The predicted molar refractivity (Wildman–Crippen MR) is 93.7 cm³/mol. The lowest BCUT2D eigenvalue weighted by Crippen LogP contribution is -2.56. The molecule has 0 saturated carbocycles. The second kappa shape index (κ2) is 9.15. The Hall–Kier alpha value is -1.44. The number of rotatable bonds is 8. The Morgan fingerprint density at radius 3 is 2.83 bits per heavy atom. The van der Waals surface area contributed by atoms with Crippen molar-refractivity contribution in [3.63, 3.8) is 0 Å². The average molecular weight is 337 g/mol. The second-order valence-electron chi connectivity index (χ2n) is 6.25. The molecule has 1 aromatic heterocycles. The third-order valence-electron chi connectivity index (χ3n) is 4.71. The SMILES string of the molecule is CCOCCN1CCN(C(=O)C(NC)c2cnn(C)c2)CC1CC. The van der Waals surface area contributed by atoms with Gasteiger partial charge < -0.3 is 15.0 Å². The first-order chi connectivity index (χ1) is 11.6. The van der Waals surface area contributed by atoms with Crippen LogP contribution >= 0.6 is 0 Å². The smallest absolute Gasteiger partial charge is 0.244 e. The van der Waals surface area contributed by atoms with Gasteiger partial charge in [0, 0.05) is 57.6 Å². The summed E-state index contributed by atoms with van der Waals surface area (Å²) in [6.07, 6.45) is 4.69. The lowest BCUT2D eigenvalue weighted by Gasteiger charge is -2.42. The van der Waals surface area contributed by atoms with Crippen LogP contribution in [0.4, 0.5) is 0 Å². The van der Waals surface area contributed by atoms with E-state index in [1.807, 2.05) is 32.1 Å². The zero-order chi connectivity index (χ0) is 17.5. The summed E-state index contributed by atoms with van der Waals surface area (Å²) in [5, 5.41) is 7.32. The number of nitrogens with zero attached hydrogens (tertiary/aromatic N) is 4. The highest BCUT2D eigenvalue weighted by molar-refractivity contribution is 5.83. The van der Waals surface area contributed by atoms with E-state index in [0.29, 0.717) is 6.04 Å². The Morgan fingerprint density at radius 1 is 1.46 bits per heavy atom. The minimum absolute atomic E-state index is 0.133. The molecule has 7 nitrogen and oxygen atoms in total. The van der Waals surface area contributed by atoms with Crippen molar-refractivity contribution in [1.82, 2.24) is 24.9 Å². The molecule has 136 valence electrons. The molecule has 2 atom stereocenters. The molecular weight excluding hydrogens is 306 g/mol. The molecule has 24 heavy (non-hydrogen) atoms. The summed E-state index contributed by atoms with van der Waals surface area (Å²) < 4.78 is 7.21. The number of carbonyl (C=O) groups excluding carboxylic acids is 1. The maximum atomic E-state index is 13.0. The summed E-state index contributed by atoms with van der Waals surface area (Å²) in [6.45, 7) is 9.10. The number of hydrogen-bond donors (Lipinski definition) is 1. The number of piperazine rings is 1. The summed E-state index contributed by atoms with van der Waals surface area (Å²) in [7, 11) is 3.69. The highest BCUT2D eigenvalue weighted by Crippen LogP contribution is 2.19. The van der Waals surface area contributed by atoms with E-state index in [1.54, 1.807) is 10.9 Å². The number of carbonyl (C=O) groups is 1. The van der Waals surface area contributed by atoms with Crippen LogP contribution in [-0.2, 0) is 16.6 Å². The average Bonchev–Trinajstić information content (AvgIpc) is 3.02. The molecule has 1 amide bonds. The molecule has 2 heterocycles. The first-order valence-corrected chi connectivity index (χ1v) is 8.87. The molecule has 1 aromatic rings. The van der Waals surface area contributed by atoms with Crippen molar-refractivity contribution in [2.45, 2.75) is 32.4 Å². The Morgan fingerprint density at radius 2 is 2.25 bits per heavy atom. The van der Waals surface area contributed by atoms with Gasteiger partial charge in [0.05, 0.1) is 12.8 Å². The van der Waals surface area contributed by atoms with Crippen LogP contribution in [-0.4, -0.2) is 78.0 Å². The molecule has 0 spiro atoms. The van der Waals surface area contributed by atoms with Gasteiger partial charge in [-0.1, -0.05) is 6.92 Å². The van der Waals surface area contributed by atoms with Crippen LogP contribution in [0.2, 0.25) is 0 Å². The van der Waals surface area contributed by atoms with Gasteiger partial charge in [0.25, 0.3) is 0 Å². The monoisotopic (exact) mass is 337 g/mol. The summed E-state index contributed by atoms with van der Waals surface area (Å²) in [4.78, 5) is 17.4. The zero-order valence-electron chi connectivity index (χ0n) is 15.4. The Bertz CT molecular complexity index is 519. The first kappa shape index (κ1) is 18.9. The molecule has 2 unspecified atom stereocenters. The van der Waals surface area contributed by atoms with E-state index in [1.165, 1.54) is 0 Å². The summed E-state index contributed by atoms with van der Waals surface area (Å²) in [5.74, 6) is 0.133. The van der Waals surface area contributed by atoms with E-state index in [9.17, 15) is 4.79 Å². The van der Waals surface area contributed by atoms with E-state index in [2.05, 4.69) is 22.2 Å². The molecule has 1 aliphatic rings. The molecule has 1 fully saturated rings. The molecule has 1 saturated heterocycles. The van der Waals surface area contributed by atoms with Gasteiger partial charge in [-0.3, -0.25) is 14.4 Å². The molecule has 0 aromatic carbocycles. The fourth-order valence-corrected chi connectivity index (χ4v) is 3.31. The lowest BCUT2D eigenvalue weighted by atomic mass is 10.1. The number of aryl methyl sites for hydroxylation is 1. The van der Waals surface area contributed by atoms with Crippen LogP contribution in [0.1, 0.15) is 31.9 Å². The lowest BCUT2D eigenvalue weighted by molar-refractivity contribution is -0.136. The quantitative estimate of drug-likeness (QED) is 0.706. The van der Waals surface area contributed by atoms with Crippen molar-refractivity contribution < 1.29 is 9.53 Å². The summed E-state index contributed by atoms with van der Waals surface area (Å²) in [6, 6.07) is 0.0701. The number of nitrogens with one attached hydrogen (secondary N) is 1. The van der Waals surface area contributed by atoms with Crippen LogP contribution in [0.3, 0.4) is 0 Å². The van der Waals surface area contributed by atoms with Gasteiger partial charge in [-0.25, -0.2) is 0 Å². The number of amides is 1. The van der Waals surface area contributed by atoms with Gasteiger partial charge >= 0.3 is 0 Å². The number of hydrogen-bond acceptors (Lipinski definition) is 5. The number of aromatic nitrogens is 2. The maximum Gasteiger partial charge on any atom is 0.244 e. The van der Waals surface area contributed by atoms with E-state index in [4.69, 9.17) is 4.74 Å². The van der Waals surface area contributed by atoms with E-state index >= 15 is 0 Å². The molecule has 2 rings (SSSR count). The normalized spacial score (nSPS) is 20.3. The van der Waals surface area contributed by atoms with Gasteiger partial charge in [-0.15, -0.1) is 0 Å². The highest BCUT2D eigenvalue weighted by Gasteiger charge is 2.32. The second-order valence-corrected chi connectivity index (χ2v) is 6.25. The minimum atomic E-state index is -0.328. The Balaban J connectivity index is 1.98. The fourth-order valence-electron chi connectivity index (χ4n) is 3.31. The molecule has 0 aliphatic carbocycles. The van der Waals surface area contributed by atoms with E-state index < -0.39 is 0 Å². The Labute approximate surface area is 144 Å². The fraction of sp³-hybridized carbons (Fsp3) is 0.765. The van der Waals surface area contributed by atoms with Crippen LogP contribution in [0.15, 0.2) is 12.4 Å². The molecule has 7 heteroatoms. The standard InChI is InChI=1S/C17H31N5O2/c1-5-15-13-22(8-7-21(15)9-10-24-6-2)17(23)16(18-3)14-11-19-20(4)12-14/h11-12,15-16,18H,5-10,13H2,1-4H3. The third kappa shape index (κ3) is 4.55. The number of ether oxygens (including phenoxy) is 1. The van der Waals surface area contributed by atoms with Gasteiger partial charge in [0.2, 0.25) is 5.91 Å². The van der Waals surface area contributed by atoms with Crippen molar-refractivity contribution in [2.24, 2.45) is 7.05 Å². The Kier molecular flexibility index (Phi) is 7.20. The van der Waals surface area contributed by atoms with Crippen molar-refractivity contribution in [3.05, 3.63) is 18.0 Å². The van der Waals surface area contributed by atoms with E-state index in [-0.39, 0.29) is 11.9 Å². The highest BCUT2D eigenvalue weighted by atomic mass is 16.5. The first-order valence-electron chi connectivity index (χ1n) is 8.87. The largest absolute Gasteiger partial charge is 0.380 e. The number of likely N-dealkylation sites (N-methyl/N-ethyl adjacent to an activating group) is 1. The summed E-state index contributed by atoms with van der Waals surface area (Å²) in [5.41, 5.74) is 0.914. The molecule has 1 N–H and O–H groups in total.